The summed E-state index contributed by atoms with van der Waals surface area (Å²) in [6.45, 7) is 2.09. The summed E-state index contributed by atoms with van der Waals surface area (Å²) in [4.78, 5) is 33.8. The molecule has 214 valence electrons. The fourth-order valence-electron chi connectivity index (χ4n) is 4.18. The number of fused-ring (bicyclic) bond motifs is 1. The third kappa shape index (κ3) is 6.72. The van der Waals surface area contributed by atoms with Gasteiger partial charge >= 0.3 is 6.18 Å². The average Bonchev–Trinajstić information content (AvgIpc) is 3.59. The van der Waals surface area contributed by atoms with E-state index in [0.29, 0.717) is 17.8 Å². The molecule has 0 atom stereocenters. The molecule has 7 nitrogen and oxygen atoms in total. The van der Waals surface area contributed by atoms with Gasteiger partial charge in [0, 0.05) is 30.2 Å². The zero-order valence-corrected chi connectivity index (χ0v) is 22.9. The first-order valence-electron chi connectivity index (χ1n) is 12.9. The molecule has 2 heterocycles. The van der Waals surface area contributed by atoms with Crippen molar-refractivity contribution in [3.63, 3.8) is 0 Å². The van der Waals surface area contributed by atoms with Gasteiger partial charge in [-0.15, -0.1) is 0 Å². The van der Waals surface area contributed by atoms with Crippen molar-refractivity contribution in [2.24, 2.45) is 0 Å². The molecule has 0 bridgehead atoms. The van der Waals surface area contributed by atoms with Gasteiger partial charge in [-0.05, 0) is 61.5 Å². The van der Waals surface area contributed by atoms with Gasteiger partial charge < -0.3 is 20.0 Å². The lowest BCUT2D eigenvalue weighted by Gasteiger charge is -2.11. The summed E-state index contributed by atoms with van der Waals surface area (Å²) < 4.78 is 45.5. The summed E-state index contributed by atoms with van der Waals surface area (Å²) in [6, 6.07) is 20.1. The maximum absolute atomic E-state index is 13.3. The first-order valence-corrected chi connectivity index (χ1v) is 13.2. The minimum absolute atomic E-state index is 0.0340. The van der Waals surface area contributed by atoms with Gasteiger partial charge in [-0.2, -0.15) is 13.2 Å². The molecule has 2 amide bonds. The van der Waals surface area contributed by atoms with E-state index in [1.165, 1.54) is 18.2 Å². The standard InChI is InChI=1S/C31H24ClF3N4O3/c1-18-6-8-19(9-7-18)29(40)39-26(30(41)36-15-14-28-37-24-4-2-3-5-25(24)38-28)17-21-11-13-27(42-21)22-16-20(31(33,34)35)10-12-23(22)32/h2-13,16-17H,14-15H2,1H3,(H,36,41)(H,37,38)(H,39,40)/b26-17+. The van der Waals surface area contributed by atoms with Gasteiger partial charge in [-0.3, -0.25) is 9.59 Å². The fraction of sp³-hybridized carbons (Fsp3) is 0.129. The SMILES string of the molecule is Cc1ccc(C(=O)N/C(=C/c2ccc(-c3cc(C(F)(F)F)ccc3Cl)o2)C(=O)NCCc2nc3ccccc3[nH]2)cc1. The molecule has 0 saturated heterocycles. The molecule has 0 spiro atoms. The zero-order chi connectivity index (χ0) is 29.9. The van der Waals surface area contributed by atoms with Crippen LogP contribution in [0.2, 0.25) is 5.02 Å². The van der Waals surface area contributed by atoms with E-state index in [2.05, 4.69) is 20.6 Å². The number of alkyl halides is 3. The second-order valence-electron chi connectivity index (χ2n) is 9.48. The van der Waals surface area contributed by atoms with E-state index in [-0.39, 0.29) is 34.3 Å². The van der Waals surface area contributed by atoms with Crippen LogP contribution in [0.1, 0.15) is 33.1 Å². The Hall–Kier alpha value is -4.83. The number of nitrogens with zero attached hydrogens (tertiary/aromatic N) is 1. The predicted molar refractivity (Wildman–Crippen MR) is 154 cm³/mol. The normalized spacial score (nSPS) is 12.0. The first kappa shape index (κ1) is 28.7. The van der Waals surface area contributed by atoms with Crippen LogP contribution >= 0.6 is 11.6 Å². The number of rotatable bonds is 8. The molecule has 0 aliphatic carbocycles. The Morgan fingerprint density at radius 3 is 2.52 bits per heavy atom. The molecule has 5 rings (SSSR count). The topological polar surface area (TPSA) is 100 Å². The van der Waals surface area contributed by atoms with Crippen molar-refractivity contribution >= 4 is 40.5 Å². The zero-order valence-electron chi connectivity index (χ0n) is 22.2. The number of aromatic nitrogens is 2. The van der Waals surface area contributed by atoms with Crippen LogP contribution in [-0.2, 0) is 17.4 Å². The Balaban J connectivity index is 1.38. The van der Waals surface area contributed by atoms with Crippen molar-refractivity contribution in [2.75, 3.05) is 6.54 Å². The third-order valence-corrected chi connectivity index (χ3v) is 6.69. The molecule has 3 N–H and O–H groups in total. The van der Waals surface area contributed by atoms with Gasteiger partial charge in [0.05, 0.1) is 21.6 Å². The van der Waals surface area contributed by atoms with Crippen molar-refractivity contribution in [1.29, 1.82) is 0 Å². The van der Waals surface area contributed by atoms with E-state index in [1.807, 2.05) is 31.2 Å². The minimum atomic E-state index is -4.57. The molecular weight excluding hydrogens is 569 g/mol. The van der Waals surface area contributed by atoms with Crippen LogP contribution in [0.25, 0.3) is 28.4 Å². The summed E-state index contributed by atoms with van der Waals surface area (Å²) >= 11 is 6.16. The molecule has 0 fully saturated rings. The number of aryl methyl sites for hydroxylation is 1. The number of carbonyl (C=O) groups excluding carboxylic acids is 2. The van der Waals surface area contributed by atoms with Crippen LogP contribution < -0.4 is 10.6 Å². The van der Waals surface area contributed by atoms with Crippen LogP contribution in [0.15, 0.2) is 89.0 Å². The minimum Gasteiger partial charge on any atom is -0.457 e. The second-order valence-corrected chi connectivity index (χ2v) is 9.89. The van der Waals surface area contributed by atoms with E-state index < -0.39 is 23.6 Å². The third-order valence-electron chi connectivity index (χ3n) is 6.36. The van der Waals surface area contributed by atoms with Crippen molar-refractivity contribution in [2.45, 2.75) is 19.5 Å². The van der Waals surface area contributed by atoms with E-state index in [4.69, 9.17) is 16.0 Å². The van der Waals surface area contributed by atoms with Crippen LogP contribution in [0.5, 0.6) is 0 Å². The Morgan fingerprint density at radius 2 is 1.79 bits per heavy atom. The quantitative estimate of drug-likeness (QED) is 0.170. The van der Waals surface area contributed by atoms with Gasteiger partial charge in [0.1, 0.15) is 23.0 Å². The number of hydrogen-bond donors (Lipinski definition) is 3. The van der Waals surface area contributed by atoms with E-state index in [0.717, 1.165) is 34.8 Å². The summed E-state index contributed by atoms with van der Waals surface area (Å²) in [5.74, 6) is -0.264. The van der Waals surface area contributed by atoms with Crippen molar-refractivity contribution in [3.05, 3.63) is 118 Å². The van der Waals surface area contributed by atoms with Gasteiger partial charge in [-0.25, -0.2) is 4.98 Å². The number of para-hydroxylation sites is 2. The number of benzene rings is 3. The number of imidazole rings is 1. The molecule has 0 unspecified atom stereocenters. The lowest BCUT2D eigenvalue weighted by Crippen LogP contribution is -2.35. The monoisotopic (exact) mass is 592 g/mol. The number of amides is 2. The Labute approximate surface area is 243 Å². The second kappa shape index (κ2) is 12.0. The van der Waals surface area contributed by atoms with Crippen LogP contribution in [-0.4, -0.2) is 28.3 Å². The molecular formula is C31H24ClF3N4O3. The van der Waals surface area contributed by atoms with E-state index in [1.54, 1.807) is 24.3 Å². The smallest absolute Gasteiger partial charge is 0.416 e. The fourth-order valence-corrected chi connectivity index (χ4v) is 4.39. The summed E-state index contributed by atoms with van der Waals surface area (Å²) in [7, 11) is 0. The molecule has 0 saturated carbocycles. The molecule has 5 aromatic rings. The summed E-state index contributed by atoms with van der Waals surface area (Å²) in [5.41, 5.74) is 2.00. The maximum Gasteiger partial charge on any atom is 0.416 e. The number of aromatic amines is 1. The van der Waals surface area contributed by atoms with Crippen molar-refractivity contribution in [3.8, 4) is 11.3 Å². The molecule has 42 heavy (non-hydrogen) atoms. The number of halogens is 4. The van der Waals surface area contributed by atoms with Crippen LogP contribution in [0.4, 0.5) is 13.2 Å². The molecule has 0 aliphatic rings. The largest absolute Gasteiger partial charge is 0.457 e. The highest BCUT2D eigenvalue weighted by molar-refractivity contribution is 6.33. The Morgan fingerprint density at radius 1 is 1.02 bits per heavy atom. The highest BCUT2D eigenvalue weighted by Gasteiger charge is 2.31. The molecule has 0 aliphatic heterocycles. The summed E-state index contributed by atoms with van der Waals surface area (Å²) in [5, 5.41) is 5.44. The molecule has 0 radical (unpaired) electrons. The van der Waals surface area contributed by atoms with Crippen molar-refractivity contribution < 1.29 is 27.2 Å². The number of carbonyl (C=O) groups is 2. The van der Waals surface area contributed by atoms with Gasteiger partial charge in [0.15, 0.2) is 0 Å². The first-order chi connectivity index (χ1) is 20.1. The van der Waals surface area contributed by atoms with Gasteiger partial charge in [0.25, 0.3) is 11.8 Å². The number of furan rings is 1. The maximum atomic E-state index is 13.3. The molecule has 11 heteroatoms. The number of hydrogen-bond acceptors (Lipinski definition) is 4. The highest BCUT2D eigenvalue weighted by Crippen LogP contribution is 2.36. The van der Waals surface area contributed by atoms with Gasteiger partial charge in [-0.1, -0.05) is 41.4 Å². The lowest BCUT2D eigenvalue weighted by atomic mass is 10.1. The van der Waals surface area contributed by atoms with E-state index >= 15 is 0 Å². The van der Waals surface area contributed by atoms with Gasteiger partial charge in [0.2, 0.25) is 0 Å². The van der Waals surface area contributed by atoms with Crippen LogP contribution in [0.3, 0.4) is 0 Å². The predicted octanol–water partition coefficient (Wildman–Crippen LogP) is 6.93. The molecule has 3 aromatic carbocycles. The Bertz CT molecular complexity index is 1760. The van der Waals surface area contributed by atoms with Crippen LogP contribution in [0, 0.1) is 6.92 Å². The lowest BCUT2D eigenvalue weighted by molar-refractivity contribution is -0.137. The number of nitrogens with one attached hydrogen (secondary N) is 3. The Kier molecular flexibility index (Phi) is 8.17. The average molecular weight is 593 g/mol. The molecule has 2 aromatic heterocycles. The number of H-pyrrole nitrogens is 1. The van der Waals surface area contributed by atoms with Crippen molar-refractivity contribution in [1.82, 2.24) is 20.6 Å². The highest BCUT2D eigenvalue weighted by atomic mass is 35.5. The summed E-state index contributed by atoms with van der Waals surface area (Å²) in [6.07, 6.45) is -2.87. The van der Waals surface area contributed by atoms with E-state index in [9.17, 15) is 22.8 Å².